The van der Waals surface area contributed by atoms with Crippen LogP contribution in [0.2, 0.25) is 0 Å². The summed E-state index contributed by atoms with van der Waals surface area (Å²) < 4.78 is 34.4. The van der Waals surface area contributed by atoms with E-state index in [1.54, 1.807) is 0 Å². The summed E-state index contributed by atoms with van der Waals surface area (Å²) in [6.07, 6.45) is -20.5. The third-order valence-electron chi connectivity index (χ3n) is 8.32. The molecule has 0 aromatic carbocycles. The van der Waals surface area contributed by atoms with Gasteiger partial charge in [-0.1, -0.05) is 0 Å². The van der Waals surface area contributed by atoms with Crippen LogP contribution in [0.25, 0.3) is 0 Å². The van der Waals surface area contributed by atoms with Gasteiger partial charge in [0.2, 0.25) is 0 Å². The van der Waals surface area contributed by atoms with E-state index < -0.39 is 129 Å². The molecule has 19 heteroatoms. The summed E-state index contributed by atoms with van der Waals surface area (Å²) in [5.74, 6) is 0. The van der Waals surface area contributed by atoms with Crippen molar-refractivity contribution in [3.63, 3.8) is 0 Å². The summed E-state index contributed by atoms with van der Waals surface area (Å²) in [4.78, 5) is 0. The average Bonchev–Trinajstić information content (AvgIpc) is 3.27. The largest absolute Gasteiger partial charge is 0.394 e. The average molecular weight is 616 g/mol. The van der Waals surface area contributed by atoms with Gasteiger partial charge < -0.3 is 97.9 Å². The lowest BCUT2D eigenvalue weighted by Crippen LogP contribution is -2.68. The van der Waals surface area contributed by atoms with Crippen molar-refractivity contribution >= 4 is 0 Å². The van der Waals surface area contributed by atoms with Crippen LogP contribution in [0, 0.1) is 0 Å². The van der Waals surface area contributed by atoms with Crippen molar-refractivity contribution in [1.29, 1.82) is 0 Å². The van der Waals surface area contributed by atoms with E-state index >= 15 is 0 Å². The van der Waals surface area contributed by atoms with Gasteiger partial charge in [0.1, 0.15) is 67.1 Å². The highest BCUT2D eigenvalue weighted by Crippen LogP contribution is 2.34. The van der Waals surface area contributed by atoms with Crippen LogP contribution in [0.15, 0.2) is 0 Å². The Morgan fingerprint density at radius 2 is 1.00 bits per heavy atom. The highest BCUT2D eigenvalue weighted by Gasteiger charge is 2.54. The highest BCUT2D eigenvalue weighted by atomic mass is 16.8. The van der Waals surface area contributed by atoms with Gasteiger partial charge in [0.15, 0.2) is 18.9 Å². The minimum absolute atomic E-state index is 0.0642. The summed E-state index contributed by atoms with van der Waals surface area (Å²) >= 11 is 0. The number of aliphatic hydroxyl groups is 8. The maximum atomic E-state index is 11.1. The van der Waals surface area contributed by atoms with Gasteiger partial charge in [-0.2, -0.15) is 0 Å². The minimum Gasteiger partial charge on any atom is -0.394 e. The molecule has 3 heterocycles. The summed E-state index contributed by atoms with van der Waals surface area (Å²) in [5.41, 5.74) is 29.9. The number of nitrogens with two attached hydrogens (primary N) is 5. The third-order valence-corrected chi connectivity index (χ3v) is 8.32. The van der Waals surface area contributed by atoms with E-state index in [2.05, 4.69) is 0 Å². The molecule has 18 N–H and O–H groups in total. The van der Waals surface area contributed by atoms with Crippen LogP contribution in [0.4, 0.5) is 0 Å². The Balaban J connectivity index is 1.50. The van der Waals surface area contributed by atoms with Gasteiger partial charge in [-0.05, 0) is 6.42 Å². The molecule has 0 aromatic heterocycles. The van der Waals surface area contributed by atoms with E-state index in [1.165, 1.54) is 0 Å². The fourth-order valence-electron chi connectivity index (χ4n) is 5.70. The minimum atomic E-state index is -1.62. The number of ether oxygens (including phenoxy) is 6. The molecule has 0 bridgehead atoms. The Morgan fingerprint density at radius 1 is 0.524 bits per heavy atom. The Morgan fingerprint density at radius 3 is 1.55 bits per heavy atom. The van der Waals surface area contributed by atoms with Crippen LogP contribution < -0.4 is 28.7 Å². The summed E-state index contributed by atoms with van der Waals surface area (Å²) in [6, 6.07) is -4.30. The Bertz CT molecular complexity index is 866. The first kappa shape index (κ1) is 34.1. The molecule has 42 heavy (non-hydrogen) atoms. The smallest absolute Gasteiger partial charge is 0.187 e. The molecule has 7 unspecified atom stereocenters. The maximum Gasteiger partial charge on any atom is 0.187 e. The lowest BCUT2D eigenvalue weighted by molar-refractivity contribution is -0.310. The molecule has 0 amide bonds. The van der Waals surface area contributed by atoms with Gasteiger partial charge in [-0.25, -0.2) is 0 Å². The maximum absolute atomic E-state index is 11.1. The first-order chi connectivity index (χ1) is 19.8. The molecule has 0 spiro atoms. The van der Waals surface area contributed by atoms with Crippen molar-refractivity contribution < 1.29 is 69.3 Å². The molecule has 19 atom stereocenters. The monoisotopic (exact) mass is 615 g/mol. The summed E-state index contributed by atoms with van der Waals surface area (Å²) in [6.45, 7) is -1.49. The quantitative estimate of drug-likeness (QED) is 0.114. The normalized spacial score (nSPS) is 53.8. The molecular weight excluding hydrogens is 570 g/mol. The zero-order valence-corrected chi connectivity index (χ0v) is 22.7. The predicted molar refractivity (Wildman–Crippen MR) is 136 cm³/mol. The Kier molecular flexibility index (Phi) is 11.5. The van der Waals surface area contributed by atoms with E-state index in [9.17, 15) is 40.9 Å². The molecular formula is C23H45N5O14. The molecule has 4 rings (SSSR count). The van der Waals surface area contributed by atoms with Crippen molar-refractivity contribution in [1.82, 2.24) is 0 Å². The van der Waals surface area contributed by atoms with Gasteiger partial charge in [0, 0.05) is 18.6 Å². The van der Waals surface area contributed by atoms with Crippen molar-refractivity contribution in [3.05, 3.63) is 0 Å². The fraction of sp³-hybridized carbons (Fsp3) is 1.00. The molecule has 4 aliphatic rings. The van der Waals surface area contributed by atoms with Crippen LogP contribution >= 0.6 is 0 Å². The zero-order chi connectivity index (χ0) is 31.0. The van der Waals surface area contributed by atoms with Crippen LogP contribution in [0.5, 0.6) is 0 Å². The molecule has 1 aliphatic carbocycles. The first-order valence-corrected chi connectivity index (χ1v) is 13.8. The fourth-order valence-corrected chi connectivity index (χ4v) is 5.70. The van der Waals surface area contributed by atoms with E-state index in [1.807, 2.05) is 0 Å². The molecule has 19 nitrogen and oxygen atoms in total. The lowest BCUT2D eigenvalue weighted by Gasteiger charge is -2.47. The molecule has 0 aromatic rings. The number of hydrogen-bond acceptors (Lipinski definition) is 19. The Labute approximate surface area is 240 Å². The van der Waals surface area contributed by atoms with Gasteiger partial charge in [-0.3, -0.25) is 0 Å². The van der Waals surface area contributed by atoms with Crippen LogP contribution in [0.3, 0.4) is 0 Å². The predicted octanol–water partition coefficient (Wildman–Crippen LogP) is -8.86. The standard InChI is InChI=1S/C23H45N5O14/c24-2-7-13(32)15(34)10(27)21(37-7)41-19-9(4-30)39-23(17(19)36)42-20-12(31)5(25)1-6(26)18(20)40-22-11(28)16(35)14(33)8(3-29)38-22/h5-23,29-36H,1-4,24-28H2/t5-,6?,7-,8?,9-,10?,11+,12?,13-,14-,15?,16?,17+,18-,19?,20-,21-,22-,23+/m1/s1. The zero-order valence-electron chi connectivity index (χ0n) is 22.7. The van der Waals surface area contributed by atoms with Crippen LogP contribution in [-0.2, 0) is 28.4 Å². The van der Waals surface area contributed by atoms with E-state index in [-0.39, 0.29) is 13.0 Å². The molecule has 3 aliphatic heterocycles. The first-order valence-electron chi connectivity index (χ1n) is 13.8. The second kappa shape index (κ2) is 14.1. The van der Waals surface area contributed by atoms with Crippen LogP contribution in [-0.4, -0.2) is 177 Å². The van der Waals surface area contributed by atoms with E-state index in [0.29, 0.717) is 0 Å². The molecule has 4 fully saturated rings. The third kappa shape index (κ3) is 6.60. The van der Waals surface area contributed by atoms with Crippen LogP contribution in [0.1, 0.15) is 6.42 Å². The number of aliphatic hydroxyl groups excluding tert-OH is 8. The second-order valence-corrected chi connectivity index (χ2v) is 11.2. The molecule has 3 saturated heterocycles. The number of hydrogen-bond donors (Lipinski definition) is 13. The SMILES string of the molecule is NC[C@H]1O[C@H](OC2[C@@H](CO)O[C@@H](O[C@@H]3C(O)[C@H](N)CC(N)[C@H]3O[C@H]3OC(CO)[C@@H](O)C(O)[C@@H]3N)[C@H]2O)C(N)C(O)[C@@H]1O. The number of rotatable bonds is 9. The van der Waals surface area contributed by atoms with Gasteiger partial charge in [-0.15, -0.1) is 0 Å². The van der Waals surface area contributed by atoms with Gasteiger partial charge in [0.25, 0.3) is 0 Å². The summed E-state index contributed by atoms with van der Waals surface area (Å²) in [7, 11) is 0. The van der Waals surface area contributed by atoms with Gasteiger partial charge >= 0.3 is 0 Å². The van der Waals surface area contributed by atoms with Crippen molar-refractivity contribution in [2.75, 3.05) is 19.8 Å². The molecule has 1 saturated carbocycles. The van der Waals surface area contributed by atoms with Crippen molar-refractivity contribution in [3.8, 4) is 0 Å². The molecule has 0 radical (unpaired) electrons. The van der Waals surface area contributed by atoms with E-state index in [0.717, 1.165) is 0 Å². The second-order valence-electron chi connectivity index (χ2n) is 11.2. The summed E-state index contributed by atoms with van der Waals surface area (Å²) in [5, 5.41) is 82.3. The van der Waals surface area contributed by atoms with Crippen molar-refractivity contribution in [2.24, 2.45) is 28.7 Å². The van der Waals surface area contributed by atoms with Gasteiger partial charge in [0.05, 0.1) is 31.4 Å². The topological polar surface area (TPSA) is 347 Å². The van der Waals surface area contributed by atoms with Crippen molar-refractivity contribution in [2.45, 2.75) is 123 Å². The molecule has 246 valence electrons. The van der Waals surface area contributed by atoms with E-state index in [4.69, 9.17) is 57.1 Å². The highest BCUT2D eigenvalue weighted by molar-refractivity contribution is 5.02. The Hall–Kier alpha value is -0.760. The lowest BCUT2D eigenvalue weighted by atomic mass is 9.84.